The second-order valence-corrected chi connectivity index (χ2v) is 3.50. The monoisotopic (exact) mass is 228 g/mol. The van der Waals surface area contributed by atoms with Crippen LogP contribution in [0.4, 0.5) is 9.18 Å². The van der Waals surface area contributed by atoms with Crippen LogP contribution in [0, 0.1) is 5.82 Å². The van der Waals surface area contributed by atoms with Gasteiger partial charge in [0.05, 0.1) is 0 Å². The van der Waals surface area contributed by atoms with Gasteiger partial charge in [-0.15, -0.1) is 0 Å². The van der Waals surface area contributed by atoms with Crippen LogP contribution < -0.4 is 10.6 Å². The molecular formula is C9H6ClFN2O2. The van der Waals surface area contributed by atoms with Gasteiger partial charge in [-0.3, -0.25) is 10.1 Å². The summed E-state index contributed by atoms with van der Waals surface area (Å²) in [4.78, 5) is 22.1. The first-order valence-electron chi connectivity index (χ1n) is 4.14. The second kappa shape index (κ2) is 3.51. The molecule has 78 valence electrons. The summed E-state index contributed by atoms with van der Waals surface area (Å²) in [6, 6.07) is 2.31. The zero-order valence-electron chi connectivity index (χ0n) is 7.38. The molecule has 0 aliphatic carbocycles. The van der Waals surface area contributed by atoms with Gasteiger partial charge in [0.2, 0.25) is 0 Å². The number of carbonyl (C=O) groups excluding carboxylic acids is 2. The molecule has 0 spiro atoms. The lowest BCUT2D eigenvalue weighted by Crippen LogP contribution is -2.22. The van der Waals surface area contributed by atoms with Crippen LogP contribution in [0.25, 0.3) is 0 Å². The summed E-state index contributed by atoms with van der Waals surface area (Å²) in [5.74, 6) is -1.19. The first-order chi connectivity index (χ1) is 7.08. The van der Waals surface area contributed by atoms with Crippen LogP contribution in [0.1, 0.15) is 11.6 Å². The summed E-state index contributed by atoms with van der Waals surface area (Å²) in [5.41, 5.74) is 0.0998. The molecule has 2 N–H and O–H groups in total. The van der Waals surface area contributed by atoms with Crippen molar-refractivity contribution in [1.29, 1.82) is 0 Å². The highest BCUT2D eigenvalue weighted by atomic mass is 35.5. The Kier molecular flexibility index (Phi) is 2.32. The van der Waals surface area contributed by atoms with Gasteiger partial charge in [-0.25, -0.2) is 9.18 Å². The molecule has 0 radical (unpaired) electrons. The number of nitrogens with one attached hydrogen (secondary N) is 2. The molecule has 1 aliphatic rings. The quantitative estimate of drug-likeness (QED) is 0.713. The largest absolute Gasteiger partial charge is 0.322 e. The molecule has 6 heteroatoms. The van der Waals surface area contributed by atoms with Crippen LogP contribution in [-0.4, -0.2) is 11.9 Å². The molecule has 1 saturated heterocycles. The predicted octanol–water partition coefficient (Wildman–Crippen LogP) is 1.36. The molecule has 1 heterocycles. The summed E-state index contributed by atoms with van der Waals surface area (Å²) in [5, 5.41) is 4.55. The molecule has 0 saturated carbocycles. The van der Waals surface area contributed by atoms with Gasteiger partial charge in [0.1, 0.15) is 11.9 Å². The van der Waals surface area contributed by atoms with E-state index in [-0.39, 0.29) is 10.6 Å². The van der Waals surface area contributed by atoms with Gasteiger partial charge in [0.15, 0.2) is 0 Å². The molecular weight excluding hydrogens is 223 g/mol. The van der Waals surface area contributed by atoms with E-state index in [9.17, 15) is 14.0 Å². The molecule has 1 aliphatic heterocycles. The van der Waals surface area contributed by atoms with Crippen LogP contribution in [0.5, 0.6) is 0 Å². The molecule has 1 atom stereocenters. The number of halogens is 2. The maximum atomic E-state index is 13.4. The maximum Gasteiger partial charge on any atom is 0.322 e. The van der Waals surface area contributed by atoms with Crippen molar-refractivity contribution in [1.82, 2.24) is 10.6 Å². The predicted molar refractivity (Wildman–Crippen MR) is 50.8 cm³/mol. The van der Waals surface area contributed by atoms with Gasteiger partial charge in [-0.1, -0.05) is 17.7 Å². The minimum atomic E-state index is -0.977. The van der Waals surface area contributed by atoms with Crippen molar-refractivity contribution in [3.8, 4) is 0 Å². The van der Waals surface area contributed by atoms with E-state index in [0.29, 0.717) is 0 Å². The van der Waals surface area contributed by atoms with E-state index in [4.69, 9.17) is 11.6 Å². The summed E-state index contributed by atoms with van der Waals surface area (Å²) in [6.45, 7) is 0. The van der Waals surface area contributed by atoms with Crippen molar-refractivity contribution in [3.05, 3.63) is 34.6 Å². The molecule has 3 amide bonds. The number of amides is 3. The zero-order chi connectivity index (χ0) is 11.0. The normalized spacial score (nSPS) is 20.0. The number of urea groups is 1. The van der Waals surface area contributed by atoms with E-state index in [2.05, 4.69) is 5.32 Å². The molecule has 15 heavy (non-hydrogen) atoms. The molecule has 1 fully saturated rings. The Balaban J connectivity index is 2.38. The Labute approximate surface area is 89.4 Å². The number of hydrogen-bond acceptors (Lipinski definition) is 2. The summed E-state index contributed by atoms with van der Waals surface area (Å²) in [7, 11) is 0. The Morgan fingerprint density at radius 2 is 2.07 bits per heavy atom. The number of imide groups is 1. The lowest BCUT2D eigenvalue weighted by atomic mass is 10.1. The molecule has 0 aromatic heterocycles. The number of rotatable bonds is 1. The van der Waals surface area contributed by atoms with Crippen molar-refractivity contribution in [2.24, 2.45) is 0 Å². The Morgan fingerprint density at radius 3 is 2.60 bits per heavy atom. The zero-order valence-corrected chi connectivity index (χ0v) is 8.14. The third kappa shape index (κ3) is 1.78. The highest BCUT2D eigenvalue weighted by molar-refractivity contribution is 6.30. The fourth-order valence-electron chi connectivity index (χ4n) is 1.37. The topological polar surface area (TPSA) is 58.2 Å². The van der Waals surface area contributed by atoms with Gasteiger partial charge in [0.25, 0.3) is 5.91 Å². The van der Waals surface area contributed by atoms with E-state index in [1.807, 2.05) is 5.32 Å². The van der Waals surface area contributed by atoms with Gasteiger partial charge >= 0.3 is 6.03 Å². The minimum absolute atomic E-state index is 0.0998. The fraction of sp³-hybridized carbons (Fsp3) is 0.111. The number of carbonyl (C=O) groups is 2. The molecule has 0 bridgehead atoms. The highest BCUT2D eigenvalue weighted by Crippen LogP contribution is 2.22. The molecule has 4 nitrogen and oxygen atoms in total. The van der Waals surface area contributed by atoms with Gasteiger partial charge in [-0.2, -0.15) is 0 Å². The van der Waals surface area contributed by atoms with E-state index >= 15 is 0 Å². The number of hydrogen-bond donors (Lipinski definition) is 2. The number of benzene rings is 1. The van der Waals surface area contributed by atoms with E-state index in [1.165, 1.54) is 12.1 Å². The lowest BCUT2D eigenvalue weighted by Gasteiger charge is -2.08. The first-order valence-corrected chi connectivity index (χ1v) is 4.52. The van der Waals surface area contributed by atoms with E-state index in [0.717, 1.165) is 6.07 Å². The molecule has 1 unspecified atom stereocenters. The van der Waals surface area contributed by atoms with Crippen molar-refractivity contribution < 1.29 is 14.0 Å². The average Bonchev–Trinajstić information content (AvgIpc) is 2.45. The molecule has 2 rings (SSSR count). The molecule has 1 aromatic rings. The molecule has 1 aromatic carbocycles. The Morgan fingerprint density at radius 1 is 1.33 bits per heavy atom. The smallest absolute Gasteiger partial charge is 0.322 e. The van der Waals surface area contributed by atoms with Crippen molar-refractivity contribution >= 4 is 23.5 Å². The van der Waals surface area contributed by atoms with Crippen molar-refractivity contribution in [3.63, 3.8) is 0 Å². The van der Waals surface area contributed by atoms with Crippen LogP contribution in [0.2, 0.25) is 5.02 Å². The van der Waals surface area contributed by atoms with Gasteiger partial charge in [-0.05, 0) is 12.1 Å². The Bertz CT molecular complexity index is 450. The van der Waals surface area contributed by atoms with Crippen molar-refractivity contribution in [2.75, 3.05) is 0 Å². The van der Waals surface area contributed by atoms with Gasteiger partial charge in [0, 0.05) is 10.6 Å². The average molecular weight is 229 g/mol. The highest BCUT2D eigenvalue weighted by Gasteiger charge is 2.32. The van der Waals surface area contributed by atoms with Crippen LogP contribution >= 0.6 is 11.6 Å². The second-order valence-electron chi connectivity index (χ2n) is 3.06. The summed E-state index contributed by atoms with van der Waals surface area (Å²) < 4.78 is 13.4. The third-order valence-corrected chi connectivity index (χ3v) is 2.28. The Hall–Kier alpha value is -1.62. The van der Waals surface area contributed by atoms with E-state index in [1.54, 1.807) is 0 Å². The summed E-state index contributed by atoms with van der Waals surface area (Å²) in [6.07, 6.45) is 0. The van der Waals surface area contributed by atoms with E-state index < -0.39 is 23.8 Å². The minimum Gasteiger partial charge on any atom is -0.322 e. The standard InChI is InChI=1S/C9H6ClFN2O2/c10-4-1-2-5(6(11)3-4)7-8(14)13-9(15)12-7/h1-3,7H,(H2,12,13,14,15). The van der Waals surface area contributed by atoms with Crippen LogP contribution in [-0.2, 0) is 4.79 Å². The maximum absolute atomic E-state index is 13.4. The van der Waals surface area contributed by atoms with Crippen LogP contribution in [0.15, 0.2) is 18.2 Å². The lowest BCUT2D eigenvalue weighted by molar-refractivity contribution is -0.120. The van der Waals surface area contributed by atoms with Gasteiger partial charge < -0.3 is 5.32 Å². The third-order valence-electron chi connectivity index (χ3n) is 2.05. The van der Waals surface area contributed by atoms with Crippen LogP contribution in [0.3, 0.4) is 0 Å². The van der Waals surface area contributed by atoms with Crippen molar-refractivity contribution in [2.45, 2.75) is 6.04 Å². The summed E-state index contributed by atoms with van der Waals surface area (Å²) >= 11 is 5.56. The fourth-order valence-corrected chi connectivity index (χ4v) is 1.53. The SMILES string of the molecule is O=C1NC(=O)C(c2ccc(Cl)cc2F)N1. The first kappa shape index (κ1) is 9.92.